The predicted molar refractivity (Wildman–Crippen MR) is 77.5 cm³/mol. The fourth-order valence-electron chi connectivity index (χ4n) is 2.86. The van der Waals surface area contributed by atoms with Crippen LogP contribution in [0.3, 0.4) is 0 Å². The summed E-state index contributed by atoms with van der Waals surface area (Å²) in [7, 11) is 1.69. The molecule has 0 bridgehead atoms. The molecule has 0 spiro atoms. The van der Waals surface area contributed by atoms with Crippen LogP contribution in [-0.2, 0) is 12.0 Å². The Labute approximate surface area is 116 Å². The second-order valence-electron chi connectivity index (χ2n) is 5.89. The molecule has 1 atom stereocenters. The van der Waals surface area contributed by atoms with Crippen LogP contribution in [0.15, 0.2) is 18.2 Å². The first-order valence-corrected chi connectivity index (χ1v) is 7.14. The minimum absolute atomic E-state index is 0.139. The molecule has 1 aromatic carbocycles. The lowest BCUT2D eigenvalue weighted by Crippen LogP contribution is -2.49. The number of fused-ring (bicyclic) bond motifs is 1. The van der Waals surface area contributed by atoms with Crippen molar-refractivity contribution in [2.75, 3.05) is 20.3 Å². The van der Waals surface area contributed by atoms with Gasteiger partial charge in [-0.1, -0.05) is 19.9 Å². The van der Waals surface area contributed by atoms with E-state index >= 15 is 0 Å². The number of rotatable bonds is 5. The smallest absolute Gasteiger partial charge is 0.119 e. The lowest BCUT2D eigenvalue weighted by atomic mass is 9.76. The molecular weight excluding hydrogens is 238 g/mol. The summed E-state index contributed by atoms with van der Waals surface area (Å²) in [5.41, 5.74) is 2.24. The fraction of sp³-hybridized carbons (Fsp3) is 0.625. The van der Waals surface area contributed by atoms with Crippen LogP contribution in [0, 0.1) is 5.92 Å². The normalized spacial score (nSPS) is 22.4. The molecule has 0 radical (unpaired) electrons. The van der Waals surface area contributed by atoms with Crippen molar-refractivity contribution >= 4 is 0 Å². The van der Waals surface area contributed by atoms with E-state index in [-0.39, 0.29) is 12.1 Å². The van der Waals surface area contributed by atoms with Gasteiger partial charge in [-0.15, -0.1) is 0 Å². The van der Waals surface area contributed by atoms with Crippen molar-refractivity contribution in [3.8, 4) is 5.75 Å². The van der Waals surface area contributed by atoms with Crippen LogP contribution in [-0.4, -0.2) is 25.4 Å². The van der Waals surface area contributed by atoms with Crippen LogP contribution in [0.25, 0.3) is 0 Å². The molecule has 2 rings (SSSR count). The second-order valence-corrected chi connectivity index (χ2v) is 5.89. The summed E-state index contributed by atoms with van der Waals surface area (Å²) >= 11 is 0. The first-order valence-electron chi connectivity index (χ1n) is 7.14. The largest absolute Gasteiger partial charge is 0.497 e. The van der Waals surface area contributed by atoms with Gasteiger partial charge in [0.2, 0.25) is 0 Å². The molecule has 1 unspecified atom stereocenters. The molecule has 3 heteroatoms. The van der Waals surface area contributed by atoms with Crippen LogP contribution in [0.2, 0.25) is 0 Å². The van der Waals surface area contributed by atoms with Gasteiger partial charge in [0.15, 0.2) is 0 Å². The van der Waals surface area contributed by atoms with Gasteiger partial charge >= 0.3 is 0 Å². The molecule has 0 fully saturated rings. The van der Waals surface area contributed by atoms with Crippen molar-refractivity contribution < 1.29 is 9.84 Å². The molecule has 3 nitrogen and oxygen atoms in total. The van der Waals surface area contributed by atoms with Crippen LogP contribution < -0.4 is 10.1 Å². The zero-order chi connectivity index (χ0) is 13.9. The molecule has 1 aliphatic carbocycles. The summed E-state index contributed by atoms with van der Waals surface area (Å²) in [4.78, 5) is 0. The highest BCUT2D eigenvalue weighted by molar-refractivity contribution is 5.42. The summed E-state index contributed by atoms with van der Waals surface area (Å²) in [6.45, 7) is 5.43. The number of aliphatic hydroxyl groups is 1. The van der Waals surface area contributed by atoms with Crippen LogP contribution >= 0.6 is 0 Å². The summed E-state index contributed by atoms with van der Waals surface area (Å²) in [6.07, 6.45) is 3.19. The maximum Gasteiger partial charge on any atom is 0.119 e. The van der Waals surface area contributed by atoms with Crippen molar-refractivity contribution in [1.82, 2.24) is 5.32 Å². The average Bonchev–Trinajstić information content (AvgIpc) is 2.44. The lowest BCUT2D eigenvalue weighted by molar-refractivity contribution is 0.138. The zero-order valence-corrected chi connectivity index (χ0v) is 12.2. The Morgan fingerprint density at radius 3 is 2.84 bits per heavy atom. The van der Waals surface area contributed by atoms with Gasteiger partial charge in [0.25, 0.3) is 0 Å². The third-order valence-electron chi connectivity index (χ3n) is 4.00. The van der Waals surface area contributed by atoms with Crippen molar-refractivity contribution in [3.63, 3.8) is 0 Å². The SMILES string of the molecule is COc1ccc2c(c1)C(CO)(NCC(C)C)CCC2. The zero-order valence-electron chi connectivity index (χ0n) is 12.2. The minimum atomic E-state index is -0.299. The molecule has 106 valence electrons. The monoisotopic (exact) mass is 263 g/mol. The van der Waals surface area contributed by atoms with Crippen molar-refractivity contribution in [1.29, 1.82) is 0 Å². The Morgan fingerprint density at radius 2 is 2.21 bits per heavy atom. The van der Waals surface area contributed by atoms with E-state index in [4.69, 9.17) is 4.74 Å². The van der Waals surface area contributed by atoms with Crippen molar-refractivity contribution in [3.05, 3.63) is 29.3 Å². The van der Waals surface area contributed by atoms with Crippen molar-refractivity contribution in [2.24, 2.45) is 5.92 Å². The summed E-state index contributed by atoms with van der Waals surface area (Å²) in [6, 6.07) is 6.22. The van der Waals surface area contributed by atoms with Gasteiger partial charge in [0.1, 0.15) is 5.75 Å². The highest BCUT2D eigenvalue weighted by atomic mass is 16.5. The predicted octanol–water partition coefficient (Wildman–Crippen LogP) is 2.46. The number of aliphatic hydroxyl groups excluding tert-OH is 1. The fourth-order valence-corrected chi connectivity index (χ4v) is 2.86. The van der Waals surface area contributed by atoms with E-state index in [0.717, 1.165) is 31.6 Å². The number of methoxy groups -OCH3 is 1. The molecule has 1 aromatic rings. The van der Waals surface area contributed by atoms with E-state index in [1.807, 2.05) is 6.07 Å². The molecule has 2 N–H and O–H groups in total. The van der Waals surface area contributed by atoms with E-state index in [0.29, 0.717) is 5.92 Å². The number of nitrogens with one attached hydrogen (secondary N) is 1. The Bertz CT molecular complexity index is 431. The van der Waals surface area contributed by atoms with Gasteiger partial charge in [-0.2, -0.15) is 0 Å². The summed E-state index contributed by atoms with van der Waals surface area (Å²) in [5, 5.41) is 13.5. The standard InChI is InChI=1S/C16H25NO2/c1-12(2)10-17-16(11-18)8-4-5-13-6-7-14(19-3)9-15(13)16/h6-7,9,12,17-18H,4-5,8,10-11H2,1-3H3. The van der Waals surface area contributed by atoms with E-state index in [9.17, 15) is 5.11 Å². The minimum Gasteiger partial charge on any atom is -0.497 e. The molecule has 0 saturated carbocycles. The number of aryl methyl sites for hydroxylation is 1. The maximum absolute atomic E-state index is 9.96. The molecular formula is C16H25NO2. The molecule has 1 aliphatic rings. The quantitative estimate of drug-likeness (QED) is 0.857. The van der Waals surface area contributed by atoms with Gasteiger partial charge in [0, 0.05) is 0 Å². The van der Waals surface area contributed by atoms with Gasteiger partial charge in [0.05, 0.1) is 19.3 Å². The lowest BCUT2D eigenvalue weighted by Gasteiger charge is -2.39. The molecule has 0 aromatic heterocycles. The Kier molecular flexibility index (Phi) is 4.48. The van der Waals surface area contributed by atoms with Gasteiger partial charge in [-0.05, 0) is 55.0 Å². The van der Waals surface area contributed by atoms with Gasteiger partial charge < -0.3 is 15.2 Å². The summed E-state index contributed by atoms with van der Waals surface area (Å²) < 4.78 is 5.33. The molecule has 19 heavy (non-hydrogen) atoms. The number of hydrogen-bond acceptors (Lipinski definition) is 3. The van der Waals surface area contributed by atoms with E-state index in [1.54, 1.807) is 7.11 Å². The van der Waals surface area contributed by atoms with Crippen LogP contribution in [0.5, 0.6) is 5.75 Å². The Morgan fingerprint density at radius 1 is 1.42 bits per heavy atom. The van der Waals surface area contributed by atoms with Crippen molar-refractivity contribution in [2.45, 2.75) is 38.6 Å². The third-order valence-corrected chi connectivity index (χ3v) is 4.00. The second kappa shape index (κ2) is 5.93. The third kappa shape index (κ3) is 2.93. The topological polar surface area (TPSA) is 41.5 Å². The van der Waals surface area contributed by atoms with Gasteiger partial charge in [-0.3, -0.25) is 0 Å². The molecule has 0 saturated heterocycles. The number of hydrogen-bond donors (Lipinski definition) is 2. The molecule has 0 heterocycles. The van der Waals surface area contributed by atoms with Crippen LogP contribution in [0.4, 0.5) is 0 Å². The van der Waals surface area contributed by atoms with E-state index in [2.05, 4.69) is 31.3 Å². The number of benzene rings is 1. The summed E-state index contributed by atoms with van der Waals surface area (Å²) in [5.74, 6) is 1.43. The van der Waals surface area contributed by atoms with E-state index in [1.165, 1.54) is 11.1 Å². The number of ether oxygens (including phenoxy) is 1. The van der Waals surface area contributed by atoms with Crippen LogP contribution in [0.1, 0.15) is 37.8 Å². The molecule has 0 amide bonds. The average molecular weight is 263 g/mol. The Hall–Kier alpha value is -1.06. The highest BCUT2D eigenvalue weighted by Gasteiger charge is 2.35. The Balaban J connectivity index is 2.36. The highest BCUT2D eigenvalue weighted by Crippen LogP contribution is 2.37. The van der Waals surface area contributed by atoms with Gasteiger partial charge in [-0.25, -0.2) is 0 Å². The van der Waals surface area contributed by atoms with E-state index < -0.39 is 0 Å². The maximum atomic E-state index is 9.96. The molecule has 0 aliphatic heterocycles. The first kappa shape index (κ1) is 14.4. The first-order chi connectivity index (χ1) is 9.11.